The topological polar surface area (TPSA) is 12.5 Å². The van der Waals surface area contributed by atoms with Gasteiger partial charge in [-0.25, -0.2) is 0 Å². The lowest BCUT2D eigenvalue weighted by Crippen LogP contribution is -2.29. The minimum Gasteiger partial charge on any atom is -0.494 e. The Morgan fingerprint density at radius 3 is 2.35 bits per heavy atom. The number of hydrogen-bond donors (Lipinski definition) is 0. The van der Waals surface area contributed by atoms with E-state index in [0.29, 0.717) is 6.61 Å². The number of benzene rings is 1. The molecule has 0 saturated heterocycles. The SMILES string of the molecule is CCCN(CCC)CC(Cl)c1cc(C)ccc1OCC. The Morgan fingerprint density at radius 1 is 1.15 bits per heavy atom. The van der Waals surface area contributed by atoms with Crippen molar-refractivity contribution in [3.05, 3.63) is 29.3 Å². The highest BCUT2D eigenvalue weighted by molar-refractivity contribution is 6.21. The minimum absolute atomic E-state index is 0.0189. The van der Waals surface area contributed by atoms with Gasteiger partial charge in [-0.1, -0.05) is 31.5 Å². The summed E-state index contributed by atoms with van der Waals surface area (Å²) in [6, 6.07) is 6.26. The number of halogens is 1. The molecule has 0 radical (unpaired) electrons. The van der Waals surface area contributed by atoms with Crippen molar-refractivity contribution >= 4 is 11.6 Å². The van der Waals surface area contributed by atoms with E-state index in [1.54, 1.807) is 0 Å². The van der Waals surface area contributed by atoms with E-state index >= 15 is 0 Å². The molecule has 2 nitrogen and oxygen atoms in total. The van der Waals surface area contributed by atoms with Gasteiger partial charge in [-0.3, -0.25) is 0 Å². The molecule has 0 saturated carbocycles. The molecular weight excluding hydrogens is 270 g/mol. The van der Waals surface area contributed by atoms with Crippen LogP contribution in [0.4, 0.5) is 0 Å². The molecule has 1 rings (SSSR count). The van der Waals surface area contributed by atoms with Crippen LogP contribution in [0.25, 0.3) is 0 Å². The molecule has 0 aliphatic heterocycles. The van der Waals surface area contributed by atoms with Crippen LogP contribution in [-0.2, 0) is 0 Å². The first kappa shape index (κ1) is 17.3. The molecule has 0 fully saturated rings. The maximum Gasteiger partial charge on any atom is 0.124 e. The number of ether oxygens (including phenoxy) is 1. The highest BCUT2D eigenvalue weighted by Crippen LogP contribution is 2.31. The van der Waals surface area contributed by atoms with Crippen molar-refractivity contribution in [1.82, 2.24) is 4.90 Å². The van der Waals surface area contributed by atoms with E-state index in [0.717, 1.165) is 43.8 Å². The van der Waals surface area contributed by atoms with Gasteiger partial charge in [0.2, 0.25) is 0 Å². The van der Waals surface area contributed by atoms with Crippen LogP contribution in [0.5, 0.6) is 5.75 Å². The first-order valence-corrected chi connectivity index (χ1v) is 8.15. The van der Waals surface area contributed by atoms with Crippen molar-refractivity contribution in [3.63, 3.8) is 0 Å². The molecule has 1 unspecified atom stereocenters. The maximum atomic E-state index is 6.66. The first-order valence-electron chi connectivity index (χ1n) is 7.72. The van der Waals surface area contributed by atoms with E-state index in [4.69, 9.17) is 16.3 Å². The smallest absolute Gasteiger partial charge is 0.124 e. The van der Waals surface area contributed by atoms with Crippen LogP contribution >= 0.6 is 11.6 Å². The summed E-state index contributed by atoms with van der Waals surface area (Å²) in [6.45, 7) is 12.3. The van der Waals surface area contributed by atoms with Gasteiger partial charge in [0.05, 0.1) is 12.0 Å². The lowest BCUT2D eigenvalue weighted by molar-refractivity contribution is 0.271. The van der Waals surface area contributed by atoms with E-state index in [-0.39, 0.29) is 5.38 Å². The molecular formula is C17H28ClNO. The summed E-state index contributed by atoms with van der Waals surface area (Å²) >= 11 is 6.66. The zero-order chi connectivity index (χ0) is 15.0. The molecule has 0 aliphatic rings. The third-order valence-corrected chi connectivity index (χ3v) is 3.67. The van der Waals surface area contributed by atoms with Gasteiger partial charge in [-0.05, 0) is 45.8 Å². The Morgan fingerprint density at radius 2 is 1.80 bits per heavy atom. The molecule has 1 atom stereocenters. The third kappa shape index (κ3) is 5.34. The van der Waals surface area contributed by atoms with Gasteiger partial charge in [0.25, 0.3) is 0 Å². The van der Waals surface area contributed by atoms with Crippen LogP contribution in [-0.4, -0.2) is 31.1 Å². The van der Waals surface area contributed by atoms with Gasteiger partial charge in [0.1, 0.15) is 5.75 Å². The summed E-state index contributed by atoms with van der Waals surface area (Å²) in [5, 5.41) is -0.0189. The standard InChI is InChI=1S/C17H28ClNO/c1-5-10-19(11-6-2)13-16(18)15-12-14(4)8-9-17(15)20-7-3/h8-9,12,16H,5-7,10-11,13H2,1-4H3. The molecule has 0 spiro atoms. The Hall–Kier alpha value is -0.730. The second-order valence-corrected chi connectivity index (χ2v) is 5.77. The maximum absolute atomic E-state index is 6.66. The van der Waals surface area contributed by atoms with E-state index in [2.05, 4.69) is 37.8 Å². The molecule has 20 heavy (non-hydrogen) atoms. The lowest BCUT2D eigenvalue weighted by atomic mass is 10.1. The summed E-state index contributed by atoms with van der Waals surface area (Å²) in [5.74, 6) is 0.922. The Bertz CT molecular complexity index is 389. The van der Waals surface area contributed by atoms with Crippen molar-refractivity contribution in [1.29, 1.82) is 0 Å². The Kier molecular flexibility index (Phi) is 8.01. The molecule has 1 aromatic rings. The van der Waals surface area contributed by atoms with Crippen molar-refractivity contribution < 1.29 is 4.74 Å². The molecule has 0 N–H and O–H groups in total. The predicted molar refractivity (Wildman–Crippen MR) is 88.0 cm³/mol. The number of aryl methyl sites for hydroxylation is 1. The van der Waals surface area contributed by atoms with E-state index < -0.39 is 0 Å². The largest absolute Gasteiger partial charge is 0.494 e. The molecule has 0 heterocycles. The lowest BCUT2D eigenvalue weighted by Gasteiger charge is -2.25. The van der Waals surface area contributed by atoms with Crippen molar-refractivity contribution in [2.45, 2.75) is 45.9 Å². The number of alkyl halides is 1. The van der Waals surface area contributed by atoms with Crippen molar-refractivity contribution in [2.75, 3.05) is 26.2 Å². The molecule has 1 aromatic carbocycles. The minimum atomic E-state index is -0.0189. The van der Waals surface area contributed by atoms with Crippen LogP contribution in [0, 0.1) is 6.92 Å². The number of rotatable bonds is 9. The van der Waals surface area contributed by atoms with Gasteiger partial charge in [-0.2, -0.15) is 0 Å². The van der Waals surface area contributed by atoms with Crippen molar-refractivity contribution in [3.8, 4) is 5.75 Å². The molecule has 0 aromatic heterocycles. The normalized spacial score (nSPS) is 12.7. The van der Waals surface area contributed by atoms with E-state index in [1.165, 1.54) is 5.56 Å². The third-order valence-electron chi connectivity index (χ3n) is 3.30. The van der Waals surface area contributed by atoms with Gasteiger partial charge in [-0.15, -0.1) is 11.6 Å². The van der Waals surface area contributed by atoms with Gasteiger partial charge in [0.15, 0.2) is 0 Å². The summed E-state index contributed by atoms with van der Waals surface area (Å²) in [4.78, 5) is 2.44. The molecule has 3 heteroatoms. The van der Waals surface area contributed by atoms with Crippen LogP contribution in [0.15, 0.2) is 18.2 Å². The Balaban J connectivity index is 2.83. The van der Waals surface area contributed by atoms with Crippen molar-refractivity contribution in [2.24, 2.45) is 0 Å². The monoisotopic (exact) mass is 297 g/mol. The molecule has 0 bridgehead atoms. The molecule has 0 aliphatic carbocycles. The summed E-state index contributed by atoms with van der Waals surface area (Å²) in [5.41, 5.74) is 2.34. The fraction of sp³-hybridized carbons (Fsp3) is 0.647. The fourth-order valence-electron chi connectivity index (χ4n) is 2.45. The van der Waals surface area contributed by atoms with Crippen LogP contribution in [0.1, 0.15) is 50.1 Å². The number of nitrogens with zero attached hydrogens (tertiary/aromatic N) is 1. The predicted octanol–water partition coefficient (Wildman–Crippen LogP) is 4.80. The average Bonchev–Trinajstić information content (AvgIpc) is 2.41. The second-order valence-electron chi connectivity index (χ2n) is 5.24. The summed E-state index contributed by atoms with van der Waals surface area (Å²) < 4.78 is 5.71. The summed E-state index contributed by atoms with van der Waals surface area (Å²) in [6.07, 6.45) is 2.32. The zero-order valence-corrected chi connectivity index (χ0v) is 14.0. The number of hydrogen-bond acceptors (Lipinski definition) is 2. The van der Waals surface area contributed by atoms with Gasteiger partial charge >= 0.3 is 0 Å². The zero-order valence-electron chi connectivity index (χ0n) is 13.3. The summed E-state index contributed by atoms with van der Waals surface area (Å²) in [7, 11) is 0. The fourth-order valence-corrected chi connectivity index (χ4v) is 2.82. The van der Waals surface area contributed by atoms with Gasteiger partial charge < -0.3 is 9.64 Å². The molecule has 0 amide bonds. The van der Waals surface area contributed by atoms with E-state index in [9.17, 15) is 0 Å². The highest BCUT2D eigenvalue weighted by atomic mass is 35.5. The Labute approximate surface area is 129 Å². The quantitative estimate of drug-likeness (QED) is 0.607. The van der Waals surface area contributed by atoms with Crippen LogP contribution < -0.4 is 4.74 Å². The van der Waals surface area contributed by atoms with E-state index in [1.807, 2.05) is 13.0 Å². The first-order chi connectivity index (χ1) is 9.62. The highest BCUT2D eigenvalue weighted by Gasteiger charge is 2.17. The van der Waals surface area contributed by atoms with Gasteiger partial charge in [0, 0.05) is 12.1 Å². The van der Waals surface area contributed by atoms with Crippen LogP contribution in [0.2, 0.25) is 0 Å². The second kappa shape index (κ2) is 9.25. The molecule has 114 valence electrons. The average molecular weight is 298 g/mol. The van der Waals surface area contributed by atoms with Crippen LogP contribution in [0.3, 0.4) is 0 Å².